The van der Waals surface area contributed by atoms with Gasteiger partial charge in [0.2, 0.25) is 0 Å². The molecule has 3 rings (SSSR count). The highest BCUT2D eigenvalue weighted by atomic mass is 35.5. The molecule has 2 aromatic rings. The highest BCUT2D eigenvalue weighted by molar-refractivity contribution is 5.85. The fraction of sp³-hybridized carbons (Fsp3) is 0.455. The molecule has 2 aromatic carbocycles. The van der Waals surface area contributed by atoms with E-state index in [4.69, 9.17) is 9.47 Å². The molecule has 166 valence electrons. The van der Waals surface area contributed by atoms with E-state index in [1.54, 1.807) is 13.2 Å². The van der Waals surface area contributed by atoms with Gasteiger partial charge in [-0.05, 0) is 29.7 Å². The van der Waals surface area contributed by atoms with Crippen LogP contribution in [0.15, 0.2) is 48.5 Å². The highest BCUT2D eigenvalue weighted by Gasteiger charge is 2.31. The number of rotatable bonds is 8. The number of nitrogens with zero attached hydrogens (tertiary/aromatic N) is 1. The maximum absolute atomic E-state index is 12.9. The van der Waals surface area contributed by atoms with Crippen molar-refractivity contribution in [1.82, 2.24) is 10.2 Å². The van der Waals surface area contributed by atoms with Crippen molar-refractivity contribution < 1.29 is 22.6 Å². The summed E-state index contributed by atoms with van der Waals surface area (Å²) in [6, 6.07) is 14.9. The largest absolute Gasteiger partial charge is 0.493 e. The summed E-state index contributed by atoms with van der Waals surface area (Å²) >= 11 is 0. The van der Waals surface area contributed by atoms with Crippen LogP contribution in [0.25, 0.3) is 0 Å². The first-order valence-corrected chi connectivity index (χ1v) is 9.82. The Kier molecular flexibility index (Phi) is 9.27. The van der Waals surface area contributed by atoms with E-state index in [9.17, 15) is 13.2 Å². The zero-order valence-electron chi connectivity index (χ0n) is 17.0. The molecule has 8 heteroatoms. The summed E-state index contributed by atoms with van der Waals surface area (Å²) in [5.41, 5.74) is 1.85. The average molecular weight is 445 g/mol. The van der Waals surface area contributed by atoms with Gasteiger partial charge in [0, 0.05) is 38.6 Å². The molecule has 0 amide bonds. The number of nitrogens with one attached hydrogen (secondary N) is 1. The van der Waals surface area contributed by atoms with Gasteiger partial charge in [-0.2, -0.15) is 13.2 Å². The third-order valence-electron chi connectivity index (χ3n) is 5.10. The zero-order valence-corrected chi connectivity index (χ0v) is 17.8. The van der Waals surface area contributed by atoms with Crippen LogP contribution in [0.5, 0.6) is 11.5 Å². The Morgan fingerprint density at radius 2 is 1.73 bits per heavy atom. The third kappa shape index (κ3) is 7.07. The van der Waals surface area contributed by atoms with Crippen LogP contribution >= 0.6 is 12.4 Å². The van der Waals surface area contributed by atoms with Crippen molar-refractivity contribution in [3.05, 3.63) is 59.7 Å². The Morgan fingerprint density at radius 3 is 2.37 bits per heavy atom. The molecule has 0 aliphatic carbocycles. The molecule has 0 aromatic heterocycles. The number of benzene rings is 2. The number of hydrogen-bond donors (Lipinski definition) is 1. The number of ether oxygens (including phenoxy) is 2. The molecule has 0 saturated carbocycles. The molecule has 0 bridgehead atoms. The number of hydrogen-bond acceptors (Lipinski definition) is 4. The number of piperazine rings is 1. The van der Waals surface area contributed by atoms with Gasteiger partial charge in [-0.3, -0.25) is 4.90 Å². The van der Waals surface area contributed by atoms with Gasteiger partial charge in [0.25, 0.3) is 0 Å². The third-order valence-corrected chi connectivity index (χ3v) is 5.10. The molecule has 1 heterocycles. The summed E-state index contributed by atoms with van der Waals surface area (Å²) in [4.78, 5) is 2.11. The van der Waals surface area contributed by atoms with E-state index >= 15 is 0 Å². The predicted octanol–water partition coefficient (Wildman–Crippen LogP) is 4.98. The van der Waals surface area contributed by atoms with Crippen LogP contribution in [-0.4, -0.2) is 44.4 Å². The lowest BCUT2D eigenvalue weighted by Gasteiger charge is -2.35. The Morgan fingerprint density at radius 1 is 1.03 bits per heavy atom. The van der Waals surface area contributed by atoms with Crippen LogP contribution in [0.3, 0.4) is 0 Å². The second-order valence-electron chi connectivity index (χ2n) is 7.14. The number of methoxy groups -OCH3 is 1. The lowest BCUT2D eigenvalue weighted by atomic mass is 9.98. The smallest absolute Gasteiger partial charge is 0.389 e. The van der Waals surface area contributed by atoms with Crippen molar-refractivity contribution in [2.24, 2.45) is 0 Å². The van der Waals surface area contributed by atoms with Gasteiger partial charge < -0.3 is 14.8 Å². The summed E-state index contributed by atoms with van der Waals surface area (Å²) in [5.74, 6) is 1.11. The Hall–Kier alpha value is -1.96. The molecule has 4 nitrogen and oxygen atoms in total. The highest BCUT2D eigenvalue weighted by Crippen LogP contribution is 2.36. The topological polar surface area (TPSA) is 33.7 Å². The fourth-order valence-corrected chi connectivity index (χ4v) is 3.60. The van der Waals surface area contributed by atoms with Crippen LogP contribution in [0.4, 0.5) is 13.2 Å². The lowest BCUT2D eigenvalue weighted by molar-refractivity contribution is -0.138. The minimum absolute atomic E-state index is 0. The van der Waals surface area contributed by atoms with Gasteiger partial charge in [0.1, 0.15) is 6.61 Å². The minimum Gasteiger partial charge on any atom is -0.493 e. The molecule has 1 fully saturated rings. The van der Waals surface area contributed by atoms with Gasteiger partial charge >= 0.3 is 6.18 Å². The average Bonchev–Trinajstić information content (AvgIpc) is 2.73. The normalized spacial score (nSPS) is 15.9. The second-order valence-corrected chi connectivity index (χ2v) is 7.14. The molecule has 0 unspecified atom stereocenters. The molecular formula is C22H28ClF3N2O2. The summed E-state index contributed by atoms with van der Waals surface area (Å²) < 4.78 is 50.0. The van der Waals surface area contributed by atoms with Crippen molar-refractivity contribution in [1.29, 1.82) is 0 Å². The second kappa shape index (κ2) is 11.4. The van der Waals surface area contributed by atoms with Crippen molar-refractivity contribution in [3.8, 4) is 11.5 Å². The van der Waals surface area contributed by atoms with E-state index in [1.807, 2.05) is 42.5 Å². The molecule has 1 atom stereocenters. The predicted molar refractivity (Wildman–Crippen MR) is 113 cm³/mol. The molecule has 1 N–H and O–H groups in total. The van der Waals surface area contributed by atoms with E-state index in [1.165, 1.54) is 0 Å². The zero-order chi connectivity index (χ0) is 20.7. The molecule has 0 radical (unpaired) electrons. The first kappa shape index (κ1) is 24.3. The van der Waals surface area contributed by atoms with Crippen molar-refractivity contribution in [2.75, 3.05) is 33.3 Å². The molecule has 30 heavy (non-hydrogen) atoms. The van der Waals surface area contributed by atoms with E-state index < -0.39 is 12.6 Å². The van der Waals surface area contributed by atoms with Gasteiger partial charge in [-0.1, -0.05) is 36.4 Å². The Labute approximate surface area is 181 Å². The monoisotopic (exact) mass is 444 g/mol. The van der Waals surface area contributed by atoms with Crippen molar-refractivity contribution >= 4 is 12.4 Å². The lowest BCUT2D eigenvalue weighted by Crippen LogP contribution is -2.45. The van der Waals surface area contributed by atoms with E-state index in [0.29, 0.717) is 18.1 Å². The fourth-order valence-electron chi connectivity index (χ4n) is 3.60. The quantitative estimate of drug-likeness (QED) is 0.622. The van der Waals surface area contributed by atoms with Crippen LogP contribution in [0.2, 0.25) is 0 Å². The Bertz CT molecular complexity index is 769. The van der Waals surface area contributed by atoms with Crippen LogP contribution in [0, 0.1) is 0 Å². The van der Waals surface area contributed by atoms with Crippen LogP contribution in [0.1, 0.15) is 30.0 Å². The van der Waals surface area contributed by atoms with Gasteiger partial charge in [-0.25, -0.2) is 0 Å². The Balaban J connectivity index is 0.00000320. The summed E-state index contributed by atoms with van der Waals surface area (Å²) in [6.45, 7) is 3.38. The molecular weight excluding hydrogens is 417 g/mol. The van der Waals surface area contributed by atoms with E-state index in [2.05, 4.69) is 10.2 Å². The first-order valence-electron chi connectivity index (χ1n) is 9.82. The maximum Gasteiger partial charge on any atom is 0.389 e. The standard InChI is InChI=1S/C22H27F3N2O2.ClH/c1-28-21-15-18(7-8-20(21)29-16-17-5-3-2-4-6-17)19(9-10-22(23,24)25)27-13-11-26-12-14-27;/h2-8,15,19,26H,9-14,16H2,1H3;1H/t19-;/m0./s1. The van der Waals surface area contributed by atoms with Crippen LogP contribution in [-0.2, 0) is 6.61 Å². The van der Waals surface area contributed by atoms with Crippen LogP contribution < -0.4 is 14.8 Å². The van der Waals surface area contributed by atoms with Gasteiger partial charge in [0.05, 0.1) is 7.11 Å². The van der Waals surface area contributed by atoms with Crippen molar-refractivity contribution in [2.45, 2.75) is 31.7 Å². The summed E-state index contributed by atoms with van der Waals surface area (Å²) in [7, 11) is 1.55. The van der Waals surface area contributed by atoms with Gasteiger partial charge in [-0.15, -0.1) is 12.4 Å². The molecule has 1 saturated heterocycles. The number of alkyl halides is 3. The summed E-state index contributed by atoms with van der Waals surface area (Å²) in [5, 5.41) is 3.25. The number of halogens is 4. The molecule has 1 aliphatic rings. The van der Waals surface area contributed by atoms with E-state index in [-0.39, 0.29) is 24.9 Å². The SMILES string of the molecule is COc1cc([C@H](CCC(F)(F)F)N2CCNCC2)ccc1OCc1ccccc1.Cl. The van der Waals surface area contributed by atoms with Crippen molar-refractivity contribution in [3.63, 3.8) is 0 Å². The molecule has 0 spiro atoms. The minimum atomic E-state index is -4.17. The summed E-state index contributed by atoms with van der Waals surface area (Å²) in [6.07, 6.45) is -4.96. The maximum atomic E-state index is 12.9. The van der Waals surface area contributed by atoms with Gasteiger partial charge in [0.15, 0.2) is 11.5 Å². The first-order chi connectivity index (χ1) is 14.0. The van der Waals surface area contributed by atoms with E-state index in [0.717, 1.165) is 37.3 Å². The molecule has 1 aliphatic heterocycles.